The molecular weight excluding hydrogens is 998 g/mol. The average molecular weight is 1050 g/mol. The molecule has 0 radical (unpaired) electrons. The molecule has 10 rings (SSSR count). The molecule has 70 heavy (non-hydrogen) atoms. The number of carbonyl (C=O) groups is 2. The molecule has 4 aromatic heterocycles. The van der Waals surface area contributed by atoms with Crippen molar-refractivity contribution in [1.29, 1.82) is 0 Å². The fraction of sp³-hybridized carbons (Fsp3) is 0.308. The highest BCUT2D eigenvalue weighted by molar-refractivity contribution is 9.10. The van der Waals surface area contributed by atoms with E-state index in [1.54, 1.807) is 53.7 Å². The van der Waals surface area contributed by atoms with Crippen LogP contribution >= 0.6 is 38.9 Å². The molecule has 2 amide bonds. The molecule has 5 atom stereocenters. The van der Waals surface area contributed by atoms with Gasteiger partial charge in [0.2, 0.25) is 5.95 Å². The summed E-state index contributed by atoms with van der Waals surface area (Å²) in [5.74, 6) is -1.37. The smallest absolute Gasteiger partial charge is 0.295 e. The monoisotopic (exact) mass is 1040 g/mol. The molecule has 0 aliphatic carbocycles. The third-order valence-corrected chi connectivity index (χ3v) is 15.7. The summed E-state index contributed by atoms with van der Waals surface area (Å²) in [5.41, 5.74) is 4.56. The van der Waals surface area contributed by atoms with E-state index in [4.69, 9.17) is 36.0 Å². The predicted octanol–water partition coefficient (Wildman–Crippen LogP) is 11.8. The molecule has 13 nitrogen and oxygen atoms in total. The van der Waals surface area contributed by atoms with Gasteiger partial charge < -0.3 is 24.9 Å². The van der Waals surface area contributed by atoms with E-state index in [9.17, 15) is 14.0 Å². The molecule has 2 aliphatic heterocycles. The second-order valence-electron chi connectivity index (χ2n) is 18.1. The number of likely N-dealkylation sites (tertiary alicyclic amines) is 2. The van der Waals surface area contributed by atoms with Gasteiger partial charge in [-0.2, -0.15) is 4.98 Å². The average Bonchev–Trinajstić information content (AvgIpc) is 3.96. The van der Waals surface area contributed by atoms with Crippen molar-refractivity contribution < 1.29 is 22.8 Å². The van der Waals surface area contributed by atoms with Crippen molar-refractivity contribution in [2.75, 3.05) is 36.8 Å². The SMILES string of the molecule is Cc1nc(C(=O)N2CCC(c3ccnc(-c4c(C)ccc(F)c4C(=O)N4CCC[C@@H](C)[C@H]4CNc4nc5cc(Cl)ccc5o4)n3)[C@@H](C)[C@H]2CNc2ncc3c(Br)cccc3n2)c(-c2ccc(F)cc2)s1. The van der Waals surface area contributed by atoms with Gasteiger partial charge in [0.25, 0.3) is 17.8 Å². The van der Waals surface area contributed by atoms with Crippen LogP contribution in [0.25, 0.3) is 43.8 Å². The molecule has 1 unspecified atom stereocenters. The standard InChI is InChI=1S/C52H48BrClF2N10O3S/c1-27-7-6-21-65(41(27)25-60-52-64-40-23-32(54)13-17-43(40)69-52)49(67)45-37(56)16-10-28(2)44(45)48-57-20-18-39(62-48)34-19-22-66(50(68)46-47(70-30(4)61-46)31-11-14-33(55)15-12-31)42(29(34)3)26-59-51-58-24-35-36(53)8-5-9-38(35)63-51/h5,8-18,20,23-24,27,29,34,41-42H,6-7,19,21-22,25-26H2,1-4H3,(H,60,64)(H,58,59,63)/t27-,29-,34?,41-,42-/m1/s1. The molecule has 2 N–H and O–H groups in total. The normalized spacial score (nSPS) is 19.5. The van der Waals surface area contributed by atoms with Crippen molar-refractivity contribution in [3.63, 3.8) is 0 Å². The van der Waals surface area contributed by atoms with Crippen LogP contribution in [0.4, 0.5) is 20.7 Å². The summed E-state index contributed by atoms with van der Waals surface area (Å²) < 4.78 is 37.3. The Kier molecular flexibility index (Phi) is 13.3. The predicted molar refractivity (Wildman–Crippen MR) is 272 cm³/mol. The number of oxazole rings is 1. The van der Waals surface area contributed by atoms with E-state index in [0.29, 0.717) is 98.6 Å². The fourth-order valence-electron chi connectivity index (χ4n) is 10.0. The van der Waals surface area contributed by atoms with Gasteiger partial charge in [0.05, 0.1) is 33.0 Å². The fourth-order valence-corrected chi connectivity index (χ4v) is 11.6. The van der Waals surface area contributed by atoms with Crippen LogP contribution in [0.3, 0.4) is 0 Å². The van der Waals surface area contributed by atoms with E-state index >= 15 is 4.39 Å². The number of aromatic nitrogens is 6. The van der Waals surface area contributed by atoms with Crippen LogP contribution in [0, 0.1) is 37.3 Å². The number of amides is 2. The number of aryl methyl sites for hydroxylation is 2. The lowest BCUT2D eigenvalue weighted by molar-refractivity contribution is 0.0488. The Morgan fingerprint density at radius 2 is 1.66 bits per heavy atom. The lowest BCUT2D eigenvalue weighted by Crippen LogP contribution is -2.53. The Hall–Kier alpha value is -6.43. The Morgan fingerprint density at radius 3 is 2.49 bits per heavy atom. The number of fused-ring (bicyclic) bond motifs is 2. The molecule has 2 saturated heterocycles. The van der Waals surface area contributed by atoms with Gasteiger partial charge in [-0.05, 0) is 111 Å². The van der Waals surface area contributed by atoms with Gasteiger partial charge >= 0.3 is 0 Å². The first kappa shape index (κ1) is 47.3. The van der Waals surface area contributed by atoms with Crippen LogP contribution < -0.4 is 10.6 Å². The molecule has 0 saturated carbocycles. The van der Waals surface area contributed by atoms with E-state index in [-0.39, 0.29) is 46.9 Å². The van der Waals surface area contributed by atoms with Crippen LogP contribution in [-0.4, -0.2) is 89.8 Å². The van der Waals surface area contributed by atoms with Crippen LogP contribution in [0.15, 0.2) is 100 Å². The number of carbonyl (C=O) groups excluding carboxylic acids is 2. The van der Waals surface area contributed by atoms with E-state index in [1.807, 2.05) is 43.0 Å². The van der Waals surface area contributed by atoms with E-state index < -0.39 is 17.8 Å². The number of rotatable bonds is 11. The molecular formula is C52H48BrClF2N10O3S. The Balaban J connectivity index is 0.954. The van der Waals surface area contributed by atoms with Gasteiger partial charge in [-0.25, -0.2) is 33.7 Å². The van der Waals surface area contributed by atoms with Gasteiger partial charge in [0.15, 0.2) is 11.4 Å². The summed E-state index contributed by atoms with van der Waals surface area (Å²) in [7, 11) is 0. The van der Waals surface area contributed by atoms with Gasteiger partial charge in [-0.3, -0.25) is 9.59 Å². The first-order valence-corrected chi connectivity index (χ1v) is 25.2. The maximum absolute atomic E-state index is 16.4. The highest BCUT2D eigenvalue weighted by Gasteiger charge is 2.41. The summed E-state index contributed by atoms with van der Waals surface area (Å²) in [5, 5.41) is 8.84. The minimum Gasteiger partial charge on any atom is -0.424 e. The molecule has 2 fully saturated rings. The van der Waals surface area contributed by atoms with Crippen molar-refractivity contribution in [2.24, 2.45) is 11.8 Å². The molecule has 6 heterocycles. The van der Waals surface area contributed by atoms with Crippen molar-refractivity contribution >= 4 is 84.6 Å². The zero-order valence-electron chi connectivity index (χ0n) is 38.7. The van der Waals surface area contributed by atoms with Crippen molar-refractivity contribution in [3.05, 3.63) is 140 Å². The van der Waals surface area contributed by atoms with Crippen molar-refractivity contribution in [2.45, 2.75) is 65.0 Å². The third-order valence-electron chi connectivity index (χ3n) is 13.7. The number of benzene rings is 4. The Bertz CT molecular complexity index is 3280. The van der Waals surface area contributed by atoms with Crippen molar-refractivity contribution in [3.8, 4) is 21.8 Å². The lowest BCUT2D eigenvalue weighted by Gasteiger charge is -2.44. The van der Waals surface area contributed by atoms with Crippen LogP contribution in [0.5, 0.6) is 0 Å². The number of piperidine rings is 2. The van der Waals surface area contributed by atoms with E-state index in [2.05, 4.69) is 50.4 Å². The molecule has 18 heteroatoms. The number of anilines is 2. The zero-order valence-corrected chi connectivity index (χ0v) is 41.9. The van der Waals surface area contributed by atoms with Crippen LogP contribution in [0.2, 0.25) is 5.02 Å². The van der Waals surface area contributed by atoms with Gasteiger partial charge in [-0.1, -0.05) is 65.6 Å². The van der Waals surface area contributed by atoms with Crippen LogP contribution in [-0.2, 0) is 0 Å². The topological polar surface area (TPSA) is 155 Å². The summed E-state index contributed by atoms with van der Waals surface area (Å²) >= 11 is 11.2. The maximum Gasteiger partial charge on any atom is 0.295 e. The molecule has 2 aliphatic rings. The maximum atomic E-state index is 16.4. The zero-order chi connectivity index (χ0) is 48.8. The summed E-state index contributed by atoms with van der Waals surface area (Å²) in [6.07, 6.45) is 5.60. The highest BCUT2D eigenvalue weighted by atomic mass is 79.9. The number of halogens is 4. The van der Waals surface area contributed by atoms with Gasteiger partial charge in [0.1, 0.15) is 22.8 Å². The number of nitrogens with zero attached hydrogens (tertiary/aromatic N) is 8. The van der Waals surface area contributed by atoms with Gasteiger partial charge in [-0.15, -0.1) is 11.3 Å². The Labute approximate surface area is 420 Å². The van der Waals surface area contributed by atoms with E-state index in [0.717, 1.165) is 28.2 Å². The second kappa shape index (κ2) is 19.8. The second-order valence-corrected chi connectivity index (χ2v) is 20.6. The lowest BCUT2D eigenvalue weighted by atomic mass is 9.78. The van der Waals surface area contributed by atoms with Crippen LogP contribution in [0.1, 0.15) is 76.1 Å². The number of hydrogen-bond donors (Lipinski definition) is 2. The minimum absolute atomic E-state index is 0.0822. The summed E-state index contributed by atoms with van der Waals surface area (Å²) in [4.78, 5) is 62.5. The largest absolute Gasteiger partial charge is 0.424 e. The minimum atomic E-state index is -0.660. The number of nitrogens with one attached hydrogen (secondary N) is 2. The summed E-state index contributed by atoms with van der Waals surface area (Å²) in [6.45, 7) is 9.29. The first-order chi connectivity index (χ1) is 33.8. The first-order valence-electron chi connectivity index (χ1n) is 23.2. The third kappa shape index (κ3) is 9.33. The van der Waals surface area contributed by atoms with Gasteiger partial charge in [0, 0.05) is 70.6 Å². The molecule has 4 aromatic carbocycles. The summed E-state index contributed by atoms with van der Waals surface area (Å²) in [6, 6.07) is 21.5. The molecule has 358 valence electrons. The quantitative estimate of drug-likeness (QED) is 0.127. The molecule has 0 spiro atoms. The molecule has 8 aromatic rings. The highest BCUT2D eigenvalue weighted by Crippen LogP contribution is 2.40. The van der Waals surface area contributed by atoms with E-state index in [1.165, 1.54) is 29.5 Å². The Morgan fingerprint density at radius 1 is 0.857 bits per heavy atom. The number of hydrogen-bond acceptors (Lipinski definition) is 12. The van der Waals surface area contributed by atoms with Crippen molar-refractivity contribution in [1.82, 2.24) is 39.7 Å². The number of thiazole rings is 1. The molecule has 0 bridgehead atoms.